The third-order valence-corrected chi connectivity index (χ3v) is 7.39. The molecule has 2 rings (SSSR count). The van der Waals surface area contributed by atoms with Gasteiger partial charge in [-0.25, -0.2) is 0 Å². The Morgan fingerprint density at radius 1 is 1.17 bits per heavy atom. The molecule has 0 heterocycles. The Hall–Kier alpha value is -0.420. The van der Waals surface area contributed by atoms with E-state index in [1.54, 1.807) is 0 Å². The van der Waals surface area contributed by atoms with Gasteiger partial charge in [0.1, 0.15) is 0 Å². The lowest BCUT2D eigenvalue weighted by Gasteiger charge is -2.62. The van der Waals surface area contributed by atoms with Crippen molar-refractivity contribution in [2.24, 2.45) is 22.7 Å². The first-order valence-corrected chi connectivity index (χ1v) is 9.34. The van der Waals surface area contributed by atoms with E-state index in [9.17, 15) is 15.3 Å². The molecule has 0 radical (unpaired) electrons. The van der Waals surface area contributed by atoms with E-state index in [0.717, 1.165) is 32.1 Å². The Labute approximate surface area is 146 Å². The summed E-state index contributed by atoms with van der Waals surface area (Å²) in [6, 6.07) is 0. The van der Waals surface area contributed by atoms with Gasteiger partial charge in [0.2, 0.25) is 0 Å². The number of hydrogen-bond donors (Lipinski definition) is 4. The molecule has 6 atom stereocenters. The standard InChI is InChI=1S/C20H36O4/c1-13(14(22)12-21)6-7-16-19(4)10-9-17(23)18(2,3)15(19)8-11-20(16,5)24/h14-17,21-24H,1,6-12H2,2-5H3/t14-,15-,16-,17+,19-,20-/m1/s1. The van der Waals surface area contributed by atoms with Crippen LogP contribution in [0.15, 0.2) is 12.2 Å². The molecule has 2 aliphatic carbocycles. The molecule has 0 aliphatic heterocycles. The summed E-state index contributed by atoms with van der Waals surface area (Å²) in [6.45, 7) is 12.1. The molecule has 0 saturated heterocycles. The lowest BCUT2D eigenvalue weighted by atomic mass is 9.44. The maximum Gasteiger partial charge on any atom is 0.0978 e. The van der Waals surface area contributed by atoms with Crippen LogP contribution >= 0.6 is 0 Å². The Bertz CT molecular complexity index is 470. The molecule has 4 nitrogen and oxygen atoms in total. The number of hydrogen-bond acceptors (Lipinski definition) is 4. The lowest BCUT2D eigenvalue weighted by molar-refractivity contribution is -0.195. The Kier molecular flexibility index (Phi) is 5.57. The van der Waals surface area contributed by atoms with Crippen LogP contribution in [0.5, 0.6) is 0 Å². The van der Waals surface area contributed by atoms with Gasteiger partial charge in [-0.1, -0.05) is 27.4 Å². The van der Waals surface area contributed by atoms with Gasteiger partial charge in [0.25, 0.3) is 0 Å². The van der Waals surface area contributed by atoms with Crippen molar-refractivity contribution in [1.29, 1.82) is 0 Å². The molecule has 2 saturated carbocycles. The highest BCUT2D eigenvalue weighted by Crippen LogP contribution is 2.63. The molecule has 0 spiro atoms. The normalized spacial score (nSPS) is 43.1. The summed E-state index contributed by atoms with van der Waals surface area (Å²) in [5, 5.41) is 40.4. The molecule has 24 heavy (non-hydrogen) atoms. The van der Waals surface area contributed by atoms with Gasteiger partial charge in [0, 0.05) is 0 Å². The van der Waals surface area contributed by atoms with Gasteiger partial charge in [0.05, 0.1) is 24.4 Å². The second-order valence-corrected chi connectivity index (χ2v) is 9.28. The minimum atomic E-state index is -0.883. The number of aliphatic hydroxyl groups excluding tert-OH is 3. The third kappa shape index (κ3) is 3.31. The Morgan fingerprint density at radius 2 is 1.79 bits per heavy atom. The summed E-state index contributed by atoms with van der Waals surface area (Å²) < 4.78 is 0. The average Bonchev–Trinajstić information content (AvgIpc) is 2.49. The summed E-state index contributed by atoms with van der Waals surface area (Å²) in [5.74, 6) is 0.466. The largest absolute Gasteiger partial charge is 0.393 e. The maximum atomic E-state index is 11.1. The van der Waals surface area contributed by atoms with Crippen LogP contribution in [0.3, 0.4) is 0 Å². The van der Waals surface area contributed by atoms with Crippen LogP contribution in [-0.2, 0) is 0 Å². The summed E-state index contributed by atoms with van der Waals surface area (Å²) in [6.07, 6.45) is 3.55. The van der Waals surface area contributed by atoms with Crippen LogP contribution in [0.4, 0.5) is 0 Å². The van der Waals surface area contributed by atoms with Crippen molar-refractivity contribution in [2.45, 2.75) is 84.0 Å². The third-order valence-electron chi connectivity index (χ3n) is 7.39. The zero-order valence-corrected chi connectivity index (χ0v) is 15.8. The van der Waals surface area contributed by atoms with E-state index in [1.165, 1.54) is 0 Å². The topological polar surface area (TPSA) is 80.9 Å². The van der Waals surface area contributed by atoms with Crippen LogP contribution in [0.25, 0.3) is 0 Å². The fraction of sp³-hybridized carbons (Fsp3) is 0.900. The highest BCUT2D eigenvalue weighted by molar-refractivity contribution is 5.11. The highest BCUT2D eigenvalue weighted by Gasteiger charge is 2.59. The van der Waals surface area contributed by atoms with E-state index in [1.807, 2.05) is 6.92 Å². The van der Waals surface area contributed by atoms with Gasteiger partial charge >= 0.3 is 0 Å². The zero-order valence-electron chi connectivity index (χ0n) is 15.8. The van der Waals surface area contributed by atoms with Crippen molar-refractivity contribution in [1.82, 2.24) is 0 Å². The molecule has 0 aromatic heterocycles. The monoisotopic (exact) mass is 340 g/mol. The van der Waals surface area contributed by atoms with E-state index in [0.29, 0.717) is 17.9 Å². The number of rotatable bonds is 5. The molecule has 140 valence electrons. The van der Waals surface area contributed by atoms with Gasteiger partial charge in [-0.15, -0.1) is 0 Å². The Balaban J connectivity index is 2.24. The van der Waals surface area contributed by atoms with Crippen molar-refractivity contribution in [3.05, 3.63) is 12.2 Å². The minimum absolute atomic E-state index is 0.0328. The predicted octanol–water partition coefficient (Wildman–Crippen LogP) is 2.64. The lowest BCUT2D eigenvalue weighted by Crippen LogP contribution is -2.60. The smallest absolute Gasteiger partial charge is 0.0978 e. The highest BCUT2D eigenvalue weighted by atomic mass is 16.3. The second kappa shape index (κ2) is 6.71. The molecule has 4 N–H and O–H groups in total. The molecular formula is C20H36O4. The van der Waals surface area contributed by atoms with Crippen LogP contribution in [0.1, 0.15) is 66.2 Å². The maximum absolute atomic E-state index is 11.1. The van der Waals surface area contributed by atoms with Gasteiger partial charge in [-0.3, -0.25) is 0 Å². The van der Waals surface area contributed by atoms with Crippen molar-refractivity contribution < 1.29 is 20.4 Å². The van der Waals surface area contributed by atoms with E-state index in [4.69, 9.17) is 5.11 Å². The van der Waals surface area contributed by atoms with Gasteiger partial charge in [0.15, 0.2) is 0 Å². The van der Waals surface area contributed by atoms with Crippen molar-refractivity contribution >= 4 is 0 Å². The van der Waals surface area contributed by atoms with E-state index in [2.05, 4.69) is 27.4 Å². The quantitative estimate of drug-likeness (QED) is 0.580. The second-order valence-electron chi connectivity index (χ2n) is 9.28. The molecule has 2 fully saturated rings. The van der Waals surface area contributed by atoms with Crippen molar-refractivity contribution in [2.75, 3.05) is 6.61 Å². The van der Waals surface area contributed by atoms with E-state index >= 15 is 0 Å². The molecule has 0 amide bonds. The molecule has 2 aliphatic rings. The predicted molar refractivity (Wildman–Crippen MR) is 95.4 cm³/mol. The van der Waals surface area contributed by atoms with Crippen LogP contribution in [0, 0.1) is 22.7 Å². The van der Waals surface area contributed by atoms with E-state index < -0.39 is 11.7 Å². The molecule has 0 unspecified atom stereocenters. The first kappa shape index (κ1) is 19.9. The van der Waals surface area contributed by atoms with Crippen LogP contribution in [-0.4, -0.2) is 44.8 Å². The van der Waals surface area contributed by atoms with Gasteiger partial charge < -0.3 is 20.4 Å². The van der Waals surface area contributed by atoms with E-state index in [-0.39, 0.29) is 29.5 Å². The summed E-state index contributed by atoms with van der Waals surface area (Å²) in [5.41, 5.74) is -0.291. The van der Waals surface area contributed by atoms with Crippen LogP contribution in [0.2, 0.25) is 0 Å². The summed E-state index contributed by atoms with van der Waals surface area (Å²) in [4.78, 5) is 0. The first-order chi connectivity index (χ1) is 11.0. The fourth-order valence-electron chi connectivity index (χ4n) is 5.78. The summed E-state index contributed by atoms with van der Waals surface area (Å²) >= 11 is 0. The van der Waals surface area contributed by atoms with Gasteiger partial charge in [-0.05, 0) is 73.7 Å². The number of aliphatic hydroxyl groups is 4. The summed E-state index contributed by atoms with van der Waals surface area (Å²) in [7, 11) is 0. The van der Waals surface area contributed by atoms with Crippen molar-refractivity contribution in [3.8, 4) is 0 Å². The molecular weight excluding hydrogens is 304 g/mol. The SMILES string of the molecule is C=C(CC[C@@H]1[C@]2(C)CC[C@H](O)C(C)(C)[C@H]2CC[C@@]1(C)O)[C@H](O)CO. The Morgan fingerprint density at radius 3 is 2.38 bits per heavy atom. The van der Waals surface area contributed by atoms with Gasteiger partial charge in [-0.2, -0.15) is 0 Å². The molecule has 0 bridgehead atoms. The average molecular weight is 341 g/mol. The molecule has 4 heteroatoms. The first-order valence-electron chi connectivity index (χ1n) is 9.34. The minimum Gasteiger partial charge on any atom is -0.393 e. The molecule has 0 aromatic rings. The number of fused-ring (bicyclic) bond motifs is 1. The van der Waals surface area contributed by atoms with Crippen LogP contribution < -0.4 is 0 Å². The zero-order chi connectivity index (χ0) is 18.3. The van der Waals surface area contributed by atoms with Crippen molar-refractivity contribution in [3.63, 3.8) is 0 Å². The fourth-order valence-corrected chi connectivity index (χ4v) is 5.78. The molecule has 0 aromatic carbocycles.